The molecule has 1 aliphatic carbocycles. The molecule has 0 spiro atoms. The Morgan fingerprint density at radius 1 is 1.27 bits per heavy atom. The van der Waals surface area contributed by atoms with E-state index in [9.17, 15) is 12.9 Å². The van der Waals surface area contributed by atoms with E-state index in [-0.39, 0.29) is 29.6 Å². The molecule has 0 amide bonds. The van der Waals surface area contributed by atoms with Gasteiger partial charge in [0.1, 0.15) is 0 Å². The van der Waals surface area contributed by atoms with Gasteiger partial charge in [0.15, 0.2) is 0 Å². The summed E-state index contributed by atoms with van der Waals surface area (Å²) in [6.07, 6.45) is 2.07. The molecule has 0 atom stereocenters. The van der Waals surface area contributed by atoms with Gasteiger partial charge < -0.3 is 17.7 Å². The van der Waals surface area contributed by atoms with Crippen molar-refractivity contribution in [2.45, 2.75) is 12.8 Å². The Morgan fingerprint density at radius 2 is 1.82 bits per heavy atom. The first-order valence-corrected chi connectivity index (χ1v) is 3.36. The summed E-state index contributed by atoms with van der Waals surface area (Å²) in [4.78, 5) is 0. The van der Waals surface area contributed by atoms with Crippen LogP contribution in [0.2, 0.25) is 0 Å². The Labute approximate surface area is 86.0 Å². The van der Waals surface area contributed by atoms with Crippen LogP contribution in [0.15, 0.2) is 0 Å². The molecule has 0 aromatic carbocycles. The zero-order valence-electron chi connectivity index (χ0n) is 6.53. The molecule has 60 valence electrons. The van der Waals surface area contributed by atoms with Gasteiger partial charge in [0.2, 0.25) is 0 Å². The van der Waals surface area contributed by atoms with Crippen molar-refractivity contribution in [3.05, 3.63) is 0 Å². The maximum Gasteiger partial charge on any atom is 1.00 e. The summed E-state index contributed by atoms with van der Waals surface area (Å²) >= 11 is 0. The van der Waals surface area contributed by atoms with Gasteiger partial charge in [0.05, 0.1) is 0 Å². The van der Waals surface area contributed by atoms with Crippen LogP contribution in [0.25, 0.3) is 0 Å². The van der Waals surface area contributed by atoms with E-state index in [1.54, 1.807) is 0 Å². The van der Waals surface area contributed by atoms with Gasteiger partial charge in [-0.25, -0.2) is 0 Å². The molecule has 0 bridgehead atoms. The normalized spacial score (nSPS) is 17.7. The molecular weight excluding hydrogens is 167 g/mol. The minimum absolute atomic E-state index is 0. The maximum absolute atomic E-state index is 11.5. The van der Waals surface area contributed by atoms with E-state index in [1.165, 1.54) is 0 Å². The van der Waals surface area contributed by atoms with Crippen molar-refractivity contribution in [1.29, 1.82) is 0 Å². The predicted octanol–water partition coefficient (Wildman–Crippen LogP) is -1.20. The van der Waals surface area contributed by atoms with E-state index < -0.39 is 13.5 Å². The van der Waals surface area contributed by atoms with Crippen molar-refractivity contribution in [2.75, 3.05) is 13.1 Å². The summed E-state index contributed by atoms with van der Waals surface area (Å²) in [5.74, 6) is 0.415. The van der Waals surface area contributed by atoms with E-state index in [1.807, 2.05) is 0 Å². The quantitative estimate of drug-likeness (QED) is 0.489. The number of hydrogen-bond donors (Lipinski definition) is 0. The van der Waals surface area contributed by atoms with E-state index >= 15 is 0 Å². The molecule has 0 aromatic rings. The van der Waals surface area contributed by atoms with Crippen molar-refractivity contribution in [2.24, 2.45) is 5.92 Å². The number of hydrogen-bond acceptors (Lipinski definition) is 1. The third-order valence-electron chi connectivity index (χ3n) is 1.36. The summed E-state index contributed by atoms with van der Waals surface area (Å²) in [6.45, 7) is -5.46. The predicted molar refractivity (Wildman–Crippen MR) is 32.6 cm³/mol. The monoisotopic (exact) mass is 176 g/mol. The van der Waals surface area contributed by atoms with Crippen LogP contribution in [0.4, 0.5) is 12.9 Å². The van der Waals surface area contributed by atoms with E-state index in [4.69, 9.17) is 0 Å². The fourth-order valence-electron chi connectivity index (χ4n) is 0.653. The molecule has 6 heteroatoms. The van der Waals surface area contributed by atoms with Crippen molar-refractivity contribution in [3.63, 3.8) is 0 Å². The van der Waals surface area contributed by atoms with Crippen LogP contribution in [0.3, 0.4) is 0 Å². The molecule has 0 radical (unpaired) electrons. The Morgan fingerprint density at radius 3 is 2.18 bits per heavy atom. The minimum Gasteiger partial charge on any atom is -0.447 e. The molecule has 11 heavy (non-hydrogen) atoms. The molecule has 1 nitrogen and oxygen atoms in total. The summed E-state index contributed by atoms with van der Waals surface area (Å²) < 4.78 is 38.8. The smallest absolute Gasteiger partial charge is 0.447 e. The Hall–Kier alpha value is 0.815. The zero-order chi connectivity index (χ0) is 7.61. The Kier molecular flexibility index (Phi) is 5.10. The average Bonchev–Trinajstić information content (AvgIpc) is 2.45. The van der Waals surface area contributed by atoms with Crippen LogP contribution in [0, 0.1) is 5.92 Å². The van der Waals surface area contributed by atoms with Gasteiger partial charge in [-0.1, -0.05) is 0 Å². The molecule has 0 saturated heterocycles. The number of halogens is 3. The summed E-state index contributed by atoms with van der Waals surface area (Å²) in [6, 6.07) is 0. The average molecular weight is 176 g/mol. The van der Waals surface area contributed by atoms with Crippen molar-refractivity contribution in [1.82, 2.24) is 0 Å². The summed E-state index contributed by atoms with van der Waals surface area (Å²) in [7, 11) is 0. The third kappa shape index (κ3) is 7.18. The fraction of sp³-hybridized carbons (Fsp3) is 1.00. The van der Waals surface area contributed by atoms with Gasteiger partial charge >= 0.3 is 36.5 Å². The largest absolute Gasteiger partial charge is 1.00 e. The topological polar surface area (TPSA) is 9.23 Å². The molecular formula is C5H9BF3NaO. The van der Waals surface area contributed by atoms with Gasteiger partial charge in [0, 0.05) is 13.1 Å². The molecule has 1 rings (SSSR count). The standard InChI is InChI=1S/C5H9BF3O.Na/c7-6(8,9)4-10-3-5-1-2-5;/h5H,1-4H2;/q-1;+1. The van der Waals surface area contributed by atoms with Crippen molar-refractivity contribution < 1.29 is 47.2 Å². The van der Waals surface area contributed by atoms with Gasteiger partial charge in [-0.2, -0.15) is 0 Å². The molecule has 0 heterocycles. The fourth-order valence-corrected chi connectivity index (χ4v) is 0.653. The second kappa shape index (κ2) is 4.75. The van der Waals surface area contributed by atoms with Crippen molar-refractivity contribution >= 4 is 6.98 Å². The Bertz CT molecular complexity index is 115. The molecule has 0 N–H and O–H groups in total. The first kappa shape index (κ1) is 11.8. The van der Waals surface area contributed by atoms with Crippen LogP contribution >= 0.6 is 0 Å². The van der Waals surface area contributed by atoms with Crippen LogP contribution in [-0.4, -0.2) is 20.1 Å². The van der Waals surface area contributed by atoms with Crippen LogP contribution in [0.5, 0.6) is 0 Å². The molecule has 0 aliphatic heterocycles. The maximum atomic E-state index is 11.5. The second-order valence-corrected chi connectivity index (χ2v) is 2.69. The molecule has 0 aromatic heterocycles. The van der Waals surface area contributed by atoms with Gasteiger partial charge in [-0.3, -0.25) is 0 Å². The minimum atomic E-state index is -4.73. The molecule has 1 aliphatic rings. The van der Waals surface area contributed by atoms with Crippen molar-refractivity contribution in [3.8, 4) is 0 Å². The van der Waals surface area contributed by atoms with Crippen LogP contribution in [-0.2, 0) is 4.74 Å². The number of ether oxygens (including phenoxy) is 1. The van der Waals surface area contributed by atoms with Gasteiger partial charge in [-0.15, -0.1) is 0 Å². The van der Waals surface area contributed by atoms with E-state index in [0.717, 1.165) is 12.8 Å². The van der Waals surface area contributed by atoms with Crippen LogP contribution in [0.1, 0.15) is 12.8 Å². The SMILES string of the molecule is F[B-](F)(F)COCC1CC1.[Na+]. The summed E-state index contributed by atoms with van der Waals surface area (Å²) in [5, 5.41) is 0. The third-order valence-corrected chi connectivity index (χ3v) is 1.36. The van der Waals surface area contributed by atoms with E-state index in [2.05, 4.69) is 4.74 Å². The first-order chi connectivity index (χ1) is 4.58. The molecule has 1 fully saturated rings. The van der Waals surface area contributed by atoms with Crippen LogP contribution < -0.4 is 29.6 Å². The van der Waals surface area contributed by atoms with Gasteiger partial charge in [0.25, 0.3) is 0 Å². The molecule has 0 unspecified atom stereocenters. The number of rotatable bonds is 4. The Balaban J connectivity index is 0.000001000. The summed E-state index contributed by atoms with van der Waals surface area (Å²) in [5.41, 5.74) is 0. The molecule has 1 saturated carbocycles. The first-order valence-electron chi connectivity index (χ1n) is 3.36. The second-order valence-electron chi connectivity index (χ2n) is 2.69. The van der Waals surface area contributed by atoms with E-state index in [0.29, 0.717) is 12.5 Å². The zero-order valence-corrected chi connectivity index (χ0v) is 8.53. The van der Waals surface area contributed by atoms with Gasteiger partial charge in [-0.05, 0) is 18.8 Å².